The first-order valence-corrected chi connectivity index (χ1v) is 12.3. The molecule has 0 aromatic heterocycles. The summed E-state index contributed by atoms with van der Waals surface area (Å²) in [7, 11) is 0. The number of amides is 1. The van der Waals surface area contributed by atoms with Gasteiger partial charge in [0, 0.05) is 44.1 Å². The van der Waals surface area contributed by atoms with E-state index in [4.69, 9.17) is 10.5 Å². The number of carbonyl (C=O) groups excluding carboxylic acids is 1. The van der Waals surface area contributed by atoms with Gasteiger partial charge in [-0.15, -0.1) is 0 Å². The molecule has 40 heavy (non-hydrogen) atoms. The number of nitrogens with one attached hydrogen (secondary N) is 1. The summed E-state index contributed by atoms with van der Waals surface area (Å²) in [6.07, 6.45) is -4.77. The Balaban J connectivity index is 1.34. The van der Waals surface area contributed by atoms with Crippen LogP contribution in [0.3, 0.4) is 0 Å². The molecule has 1 amide bonds. The monoisotopic (exact) mass is 551 g/mol. The van der Waals surface area contributed by atoms with Crippen LogP contribution in [0.25, 0.3) is 11.1 Å². The molecule has 1 heterocycles. The third-order valence-corrected chi connectivity index (χ3v) is 6.75. The highest BCUT2D eigenvalue weighted by Crippen LogP contribution is 2.34. The fraction of sp³-hybridized carbons (Fsp3) is 0.276. The summed E-state index contributed by atoms with van der Waals surface area (Å²) in [6, 6.07) is 18.1. The van der Waals surface area contributed by atoms with Crippen LogP contribution in [0.5, 0.6) is 0 Å². The molecule has 7 nitrogen and oxygen atoms in total. The molecule has 3 aromatic rings. The van der Waals surface area contributed by atoms with Crippen molar-refractivity contribution in [1.29, 1.82) is 10.5 Å². The molecule has 206 valence electrons. The van der Waals surface area contributed by atoms with Crippen molar-refractivity contribution in [2.75, 3.05) is 42.9 Å². The summed E-state index contributed by atoms with van der Waals surface area (Å²) < 4.78 is 53.7. The first kappa shape index (κ1) is 28.6. The van der Waals surface area contributed by atoms with Gasteiger partial charge in [-0.1, -0.05) is 18.2 Å². The molecule has 0 unspecified atom stereocenters. The highest BCUT2D eigenvalue weighted by Gasteiger charge is 2.36. The molecular formula is C29H25F4N5O2. The van der Waals surface area contributed by atoms with E-state index in [2.05, 4.69) is 10.2 Å². The Morgan fingerprint density at radius 3 is 2.10 bits per heavy atom. The molecule has 1 atom stereocenters. The number of nitrogens with zero attached hydrogens (tertiary/aromatic N) is 4. The summed E-state index contributed by atoms with van der Waals surface area (Å²) in [6.45, 7) is 3.54. The predicted octanol–water partition coefficient (Wildman–Crippen LogP) is 4.77. The molecule has 1 saturated heterocycles. The fourth-order valence-corrected chi connectivity index (χ4v) is 4.54. The van der Waals surface area contributed by atoms with Crippen molar-refractivity contribution in [3.63, 3.8) is 0 Å². The Morgan fingerprint density at radius 1 is 0.925 bits per heavy atom. The van der Waals surface area contributed by atoms with Crippen LogP contribution in [-0.2, 0) is 11.0 Å². The fourth-order valence-electron chi connectivity index (χ4n) is 4.54. The topological polar surface area (TPSA) is 103 Å². The van der Waals surface area contributed by atoms with Crippen LogP contribution < -0.4 is 10.2 Å². The molecule has 3 aromatic carbocycles. The predicted molar refractivity (Wildman–Crippen MR) is 141 cm³/mol. The largest absolute Gasteiger partial charge is 0.417 e. The maximum Gasteiger partial charge on any atom is 0.417 e. The maximum atomic E-state index is 14.0. The highest BCUT2D eigenvalue weighted by molar-refractivity contribution is 5.97. The van der Waals surface area contributed by atoms with Crippen molar-refractivity contribution in [3.8, 4) is 23.3 Å². The van der Waals surface area contributed by atoms with E-state index < -0.39 is 34.6 Å². The first-order chi connectivity index (χ1) is 18.9. The van der Waals surface area contributed by atoms with E-state index in [-0.39, 0.29) is 17.8 Å². The number of benzene rings is 3. The lowest BCUT2D eigenvalue weighted by atomic mass is 10.0. The summed E-state index contributed by atoms with van der Waals surface area (Å²) in [5.74, 6) is -1.43. The number of rotatable bonds is 6. The number of hydrogen-bond acceptors (Lipinski definition) is 6. The lowest BCUT2D eigenvalue weighted by molar-refractivity contribution is -0.138. The molecule has 2 N–H and O–H groups in total. The molecule has 1 aliphatic rings. The van der Waals surface area contributed by atoms with E-state index in [0.29, 0.717) is 37.8 Å². The Morgan fingerprint density at radius 2 is 1.52 bits per heavy atom. The number of halogens is 4. The van der Waals surface area contributed by atoms with Gasteiger partial charge in [-0.3, -0.25) is 9.69 Å². The molecule has 1 aliphatic heterocycles. The number of alkyl halides is 3. The van der Waals surface area contributed by atoms with Crippen molar-refractivity contribution < 1.29 is 27.5 Å². The van der Waals surface area contributed by atoms with Gasteiger partial charge in [-0.2, -0.15) is 23.7 Å². The van der Waals surface area contributed by atoms with Crippen LogP contribution in [0.4, 0.5) is 28.9 Å². The third-order valence-electron chi connectivity index (χ3n) is 6.75. The second-order valence-corrected chi connectivity index (χ2v) is 9.71. The number of hydrogen-bond donors (Lipinski definition) is 2. The zero-order valence-electron chi connectivity index (χ0n) is 21.5. The van der Waals surface area contributed by atoms with E-state index >= 15 is 0 Å². The number of anilines is 2. The van der Waals surface area contributed by atoms with Crippen molar-refractivity contribution in [2.45, 2.75) is 18.7 Å². The number of β-amino-alcohol motifs (C(OH)–C–C–N with tert-alkyl or cyclic N) is 1. The number of carbonyl (C=O) groups is 1. The van der Waals surface area contributed by atoms with Gasteiger partial charge in [0.2, 0.25) is 0 Å². The highest BCUT2D eigenvalue weighted by atomic mass is 19.4. The summed E-state index contributed by atoms with van der Waals surface area (Å²) >= 11 is 0. The molecule has 0 saturated carbocycles. The second-order valence-electron chi connectivity index (χ2n) is 9.71. The standard InChI is InChI=1S/C29H25F4N5O2/c1-28(40,27(39)36-23-7-4-21(16-34)25(15-23)29(31,32)33)18-37-10-12-38(13-11-37)24-8-5-19(6-9-24)20-2-3-22(17-35)26(30)14-20/h2-9,14-15,40H,10-13,18H2,1H3,(H,36,39)/t28-/m0/s1. The molecule has 4 rings (SSSR count). The Labute approximate surface area is 228 Å². The van der Waals surface area contributed by atoms with Gasteiger partial charge >= 0.3 is 6.18 Å². The minimum absolute atomic E-state index is 0.0143. The van der Waals surface area contributed by atoms with Crippen LogP contribution in [-0.4, -0.2) is 54.2 Å². The average Bonchev–Trinajstić information content (AvgIpc) is 2.93. The zero-order chi connectivity index (χ0) is 29.1. The van der Waals surface area contributed by atoms with Crippen LogP contribution in [0.15, 0.2) is 60.7 Å². The normalized spacial score (nSPS) is 15.6. The van der Waals surface area contributed by atoms with Gasteiger partial charge in [0.25, 0.3) is 5.91 Å². The van der Waals surface area contributed by atoms with Crippen molar-refractivity contribution in [3.05, 3.63) is 83.2 Å². The van der Waals surface area contributed by atoms with E-state index in [0.717, 1.165) is 17.3 Å². The first-order valence-electron chi connectivity index (χ1n) is 12.3. The maximum absolute atomic E-state index is 14.0. The van der Waals surface area contributed by atoms with Crippen molar-refractivity contribution in [2.24, 2.45) is 0 Å². The van der Waals surface area contributed by atoms with E-state index in [9.17, 15) is 27.5 Å². The summed E-state index contributed by atoms with van der Waals surface area (Å²) in [4.78, 5) is 16.8. The third kappa shape index (κ3) is 6.40. The van der Waals surface area contributed by atoms with E-state index in [1.54, 1.807) is 12.1 Å². The van der Waals surface area contributed by atoms with Gasteiger partial charge in [0.15, 0.2) is 5.60 Å². The lowest BCUT2D eigenvalue weighted by Gasteiger charge is -2.38. The zero-order valence-corrected chi connectivity index (χ0v) is 21.5. The van der Waals surface area contributed by atoms with Gasteiger partial charge in [-0.25, -0.2) is 4.39 Å². The van der Waals surface area contributed by atoms with Gasteiger partial charge < -0.3 is 15.3 Å². The van der Waals surface area contributed by atoms with Crippen LogP contribution in [0.1, 0.15) is 23.6 Å². The minimum atomic E-state index is -4.77. The Bertz CT molecular complexity index is 1480. The molecule has 11 heteroatoms. The SMILES string of the molecule is C[C@](O)(CN1CCN(c2ccc(-c3ccc(C#N)c(F)c3)cc2)CC1)C(=O)Nc1ccc(C#N)c(C(F)(F)F)c1. The smallest absolute Gasteiger partial charge is 0.379 e. The minimum Gasteiger partial charge on any atom is -0.379 e. The number of piperazine rings is 1. The molecular weight excluding hydrogens is 526 g/mol. The molecule has 0 spiro atoms. The van der Waals surface area contributed by atoms with Crippen LogP contribution >= 0.6 is 0 Å². The number of aliphatic hydroxyl groups is 1. The lowest BCUT2D eigenvalue weighted by Crippen LogP contribution is -2.54. The van der Waals surface area contributed by atoms with E-state index in [1.165, 1.54) is 31.2 Å². The summed E-state index contributed by atoms with van der Waals surface area (Å²) in [5, 5.41) is 31.0. The van der Waals surface area contributed by atoms with Gasteiger partial charge in [0.1, 0.15) is 11.9 Å². The number of nitriles is 2. The van der Waals surface area contributed by atoms with E-state index in [1.807, 2.05) is 29.2 Å². The summed E-state index contributed by atoms with van der Waals surface area (Å²) in [5.41, 5.74) is -1.39. The molecule has 1 fully saturated rings. The Kier molecular flexibility index (Phi) is 8.10. The van der Waals surface area contributed by atoms with Gasteiger partial charge in [-0.05, 0) is 60.5 Å². The van der Waals surface area contributed by atoms with Gasteiger partial charge in [0.05, 0.1) is 22.8 Å². The van der Waals surface area contributed by atoms with Crippen molar-refractivity contribution >= 4 is 17.3 Å². The van der Waals surface area contributed by atoms with Crippen LogP contribution in [0.2, 0.25) is 0 Å². The van der Waals surface area contributed by atoms with Crippen LogP contribution in [0, 0.1) is 28.5 Å². The van der Waals surface area contributed by atoms with Crippen molar-refractivity contribution in [1.82, 2.24) is 4.90 Å². The Hall–Kier alpha value is -4.45. The molecule has 0 bridgehead atoms. The average molecular weight is 552 g/mol. The molecule has 0 radical (unpaired) electrons. The molecule has 0 aliphatic carbocycles. The quantitative estimate of drug-likeness (QED) is 0.428. The second kappa shape index (κ2) is 11.3.